The molecule has 4 nitrogen and oxygen atoms in total. The van der Waals surface area contributed by atoms with E-state index in [0.29, 0.717) is 28.7 Å². The van der Waals surface area contributed by atoms with Crippen molar-refractivity contribution in [2.75, 3.05) is 6.61 Å². The van der Waals surface area contributed by atoms with Gasteiger partial charge in [0.15, 0.2) is 0 Å². The summed E-state index contributed by atoms with van der Waals surface area (Å²) >= 11 is 1.32. The second-order valence-corrected chi connectivity index (χ2v) is 5.83. The van der Waals surface area contributed by atoms with E-state index < -0.39 is 5.97 Å². The van der Waals surface area contributed by atoms with Gasteiger partial charge >= 0.3 is 11.9 Å². The molecule has 1 aromatic carbocycles. The van der Waals surface area contributed by atoms with Crippen molar-refractivity contribution in [3.05, 3.63) is 52.2 Å². The van der Waals surface area contributed by atoms with Crippen LogP contribution in [0.25, 0.3) is 0 Å². The minimum atomic E-state index is -0.403. The van der Waals surface area contributed by atoms with Crippen LogP contribution in [0.4, 0.5) is 0 Å². The van der Waals surface area contributed by atoms with E-state index in [1.165, 1.54) is 11.3 Å². The van der Waals surface area contributed by atoms with Gasteiger partial charge in [0.25, 0.3) is 0 Å². The van der Waals surface area contributed by atoms with Crippen molar-refractivity contribution in [2.45, 2.75) is 13.8 Å². The van der Waals surface area contributed by atoms with E-state index in [1.807, 2.05) is 19.2 Å². The zero-order chi connectivity index (χ0) is 15.2. The van der Waals surface area contributed by atoms with Crippen molar-refractivity contribution in [3.8, 4) is 5.75 Å². The van der Waals surface area contributed by atoms with Crippen molar-refractivity contribution in [2.24, 2.45) is 5.92 Å². The number of esters is 2. The Bertz CT molecular complexity index is 600. The van der Waals surface area contributed by atoms with Crippen LogP contribution in [0.5, 0.6) is 5.75 Å². The van der Waals surface area contributed by atoms with Gasteiger partial charge in [-0.15, -0.1) is 11.3 Å². The van der Waals surface area contributed by atoms with Gasteiger partial charge in [0.05, 0.1) is 12.2 Å². The van der Waals surface area contributed by atoms with Gasteiger partial charge in [-0.05, 0) is 41.6 Å². The fourth-order valence-electron chi connectivity index (χ4n) is 1.54. The van der Waals surface area contributed by atoms with Gasteiger partial charge in [-0.1, -0.05) is 19.9 Å². The molecule has 0 atom stereocenters. The normalized spacial score (nSPS) is 10.4. The van der Waals surface area contributed by atoms with Gasteiger partial charge in [-0.3, -0.25) is 0 Å². The lowest BCUT2D eigenvalue weighted by atomic mass is 10.2. The molecule has 0 spiro atoms. The van der Waals surface area contributed by atoms with Gasteiger partial charge in [-0.2, -0.15) is 0 Å². The van der Waals surface area contributed by atoms with Crippen molar-refractivity contribution in [3.63, 3.8) is 0 Å². The van der Waals surface area contributed by atoms with Crippen LogP contribution >= 0.6 is 11.3 Å². The van der Waals surface area contributed by atoms with Gasteiger partial charge in [0, 0.05) is 0 Å². The first kappa shape index (κ1) is 15.3. The first-order valence-electron chi connectivity index (χ1n) is 6.59. The van der Waals surface area contributed by atoms with Crippen molar-refractivity contribution in [1.29, 1.82) is 0 Å². The third-order valence-electron chi connectivity index (χ3n) is 2.57. The Morgan fingerprint density at radius 3 is 2.38 bits per heavy atom. The predicted molar refractivity (Wildman–Crippen MR) is 80.8 cm³/mol. The molecule has 0 aliphatic carbocycles. The highest BCUT2D eigenvalue weighted by molar-refractivity contribution is 7.12. The summed E-state index contributed by atoms with van der Waals surface area (Å²) in [6.07, 6.45) is 0. The maximum Gasteiger partial charge on any atom is 0.353 e. The zero-order valence-corrected chi connectivity index (χ0v) is 12.7. The maximum atomic E-state index is 11.8. The zero-order valence-electron chi connectivity index (χ0n) is 11.9. The molecule has 1 heterocycles. The number of ether oxygens (including phenoxy) is 2. The van der Waals surface area contributed by atoms with Crippen molar-refractivity contribution >= 4 is 23.3 Å². The van der Waals surface area contributed by atoms with Gasteiger partial charge in [-0.25, -0.2) is 9.59 Å². The van der Waals surface area contributed by atoms with Gasteiger partial charge < -0.3 is 9.47 Å². The molecule has 0 aliphatic rings. The smallest absolute Gasteiger partial charge is 0.353 e. The second kappa shape index (κ2) is 7.04. The molecule has 110 valence electrons. The third kappa shape index (κ3) is 4.43. The Balaban J connectivity index is 1.96. The van der Waals surface area contributed by atoms with Gasteiger partial charge in [0.1, 0.15) is 10.6 Å². The van der Waals surface area contributed by atoms with E-state index in [0.717, 1.165) is 0 Å². The van der Waals surface area contributed by atoms with E-state index in [4.69, 9.17) is 9.47 Å². The molecule has 2 rings (SSSR count). The molecule has 0 N–H and O–H groups in total. The monoisotopic (exact) mass is 304 g/mol. The summed E-state index contributed by atoms with van der Waals surface area (Å²) in [5, 5.41) is 1.81. The average Bonchev–Trinajstić information content (AvgIpc) is 3.00. The molecule has 0 aliphatic heterocycles. The number of hydrogen-bond acceptors (Lipinski definition) is 5. The van der Waals surface area contributed by atoms with Crippen LogP contribution < -0.4 is 4.74 Å². The molecular formula is C16H16O4S. The fraction of sp³-hybridized carbons (Fsp3) is 0.250. The number of thiophene rings is 1. The molecule has 0 saturated carbocycles. The predicted octanol–water partition coefficient (Wildman–Crippen LogP) is 3.78. The maximum absolute atomic E-state index is 11.8. The molecule has 5 heteroatoms. The SMILES string of the molecule is CC(C)COC(=O)c1ccc(OC(=O)c2cccs2)cc1. The summed E-state index contributed by atoms with van der Waals surface area (Å²) in [4.78, 5) is 24.0. The summed E-state index contributed by atoms with van der Waals surface area (Å²) < 4.78 is 10.3. The van der Waals surface area contributed by atoms with Crippen molar-refractivity contribution in [1.82, 2.24) is 0 Å². The largest absolute Gasteiger partial charge is 0.462 e. The first-order chi connectivity index (χ1) is 10.1. The Morgan fingerprint density at radius 1 is 1.10 bits per heavy atom. The molecule has 0 amide bonds. The molecule has 0 bridgehead atoms. The molecule has 0 fully saturated rings. The molecule has 1 aromatic heterocycles. The lowest BCUT2D eigenvalue weighted by Crippen LogP contribution is -2.10. The number of rotatable bonds is 5. The number of carbonyl (C=O) groups is 2. The quantitative estimate of drug-likeness (QED) is 0.623. The van der Waals surface area contributed by atoms with E-state index >= 15 is 0 Å². The van der Waals surface area contributed by atoms with Crippen LogP contribution in [0.15, 0.2) is 41.8 Å². The number of carbonyl (C=O) groups excluding carboxylic acids is 2. The minimum absolute atomic E-state index is 0.292. The van der Waals surface area contributed by atoms with E-state index in [2.05, 4.69) is 0 Å². The standard InChI is InChI=1S/C16H16O4S/c1-11(2)10-19-15(17)12-5-7-13(8-6-12)20-16(18)14-4-3-9-21-14/h3-9,11H,10H2,1-2H3. The Hall–Kier alpha value is -2.14. The topological polar surface area (TPSA) is 52.6 Å². The van der Waals surface area contributed by atoms with Gasteiger partial charge in [0.2, 0.25) is 0 Å². The summed E-state index contributed by atoms with van der Waals surface area (Å²) in [5.41, 5.74) is 0.437. The summed E-state index contributed by atoms with van der Waals surface area (Å²) in [7, 11) is 0. The highest BCUT2D eigenvalue weighted by Gasteiger charge is 2.11. The minimum Gasteiger partial charge on any atom is -0.462 e. The van der Waals surface area contributed by atoms with Crippen LogP contribution in [0.2, 0.25) is 0 Å². The highest BCUT2D eigenvalue weighted by atomic mass is 32.1. The Morgan fingerprint density at radius 2 is 1.81 bits per heavy atom. The second-order valence-electron chi connectivity index (χ2n) is 4.88. The van der Waals surface area contributed by atoms with Crippen LogP contribution in [-0.2, 0) is 4.74 Å². The molecule has 0 unspecified atom stereocenters. The molecule has 21 heavy (non-hydrogen) atoms. The fourth-order valence-corrected chi connectivity index (χ4v) is 2.14. The van der Waals surface area contributed by atoms with E-state index in [-0.39, 0.29) is 5.97 Å². The number of benzene rings is 1. The summed E-state index contributed by atoms with van der Waals surface area (Å²) in [6, 6.07) is 9.81. The number of hydrogen-bond donors (Lipinski definition) is 0. The van der Waals surface area contributed by atoms with E-state index in [9.17, 15) is 9.59 Å². The summed E-state index contributed by atoms with van der Waals surface area (Å²) in [5.74, 6) is -0.0891. The Labute approximate surface area is 127 Å². The average molecular weight is 304 g/mol. The first-order valence-corrected chi connectivity index (χ1v) is 7.47. The van der Waals surface area contributed by atoms with E-state index in [1.54, 1.807) is 36.4 Å². The molecular weight excluding hydrogens is 288 g/mol. The van der Waals surface area contributed by atoms with Crippen LogP contribution in [0, 0.1) is 5.92 Å². The molecule has 2 aromatic rings. The highest BCUT2D eigenvalue weighted by Crippen LogP contribution is 2.17. The van der Waals surface area contributed by atoms with Crippen LogP contribution in [0.3, 0.4) is 0 Å². The van der Waals surface area contributed by atoms with Crippen LogP contribution in [-0.4, -0.2) is 18.5 Å². The van der Waals surface area contributed by atoms with Crippen molar-refractivity contribution < 1.29 is 19.1 Å². The lowest BCUT2D eigenvalue weighted by molar-refractivity contribution is 0.0459. The Kier molecular flexibility index (Phi) is 5.11. The lowest BCUT2D eigenvalue weighted by Gasteiger charge is -2.07. The molecule has 0 saturated heterocycles. The summed E-state index contributed by atoms with van der Waals surface area (Å²) in [6.45, 7) is 4.33. The third-order valence-corrected chi connectivity index (χ3v) is 3.42. The van der Waals surface area contributed by atoms with Crippen LogP contribution in [0.1, 0.15) is 33.9 Å². The molecule has 0 radical (unpaired) electrons.